The minimum atomic E-state index is -1.33. The van der Waals surface area contributed by atoms with E-state index in [0.29, 0.717) is 0 Å². The predicted octanol–water partition coefficient (Wildman–Crippen LogP) is 1.32. The lowest BCUT2D eigenvalue weighted by Gasteiger charge is -1.93. The Morgan fingerprint density at radius 3 is 2.08 bits per heavy atom. The van der Waals surface area contributed by atoms with Crippen LogP contribution in [0.25, 0.3) is 0 Å². The van der Waals surface area contributed by atoms with Gasteiger partial charge in [-0.3, -0.25) is 0 Å². The summed E-state index contributed by atoms with van der Waals surface area (Å²) in [6.07, 6.45) is -1.33. The molecule has 0 fully saturated rings. The van der Waals surface area contributed by atoms with Crippen molar-refractivity contribution in [2.75, 3.05) is 7.11 Å². The zero-order valence-corrected chi connectivity index (χ0v) is 6.73. The lowest BCUT2D eigenvalue weighted by molar-refractivity contribution is 0.205. The van der Waals surface area contributed by atoms with Crippen LogP contribution in [0.3, 0.4) is 0 Å². The Morgan fingerprint density at radius 1 is 1.42 bits per heavy atom. The molecule has 0 unspecified atom stereocenters. The summed E-state index contributed by atoms with van der Waals surface area (Å²) in [6.45, 7) is 0. The summed E-state index contributed by atoms with van der Waals surface area (Å²) in [5.41, 5.74) is 4.03. The standard InChI is InChI=1S/C7H8O.CH3NO2/c1-8-7-5-3-2-4-6-7;2-1(3)4/h2-6H,1H3;2H2,(H,3,4). The summed E-state index contributed by atoms with van der Waals surface area (Å²) in [7, 11) is 1.66. The van der Waals surface area contributed by atoms with Crippen LogP contribution in [0, 0.1) is 0 Å². The third-order valence-corrected chi connectivity index (χ3v) is 0.979. The largest absolute Gasteiger partial charge is 0.497 e. The Bertz CT molecular complexity index is 219. The number of methoxy groups -OCH3 is 1. The van der Waals surface area contributed by atoms with Gasteiger partial charge in [0.1, 0.15) is 5.75 Å². The van der Waals surface area contributed by atoms with E-state index in [4.69, 9.17) is 14.6 Å². The van der Waals surface area contributed by atoms with Gasteiger partial charge in [0, 0.05) is 0 Å². The fourth-order valence-electron chi connectivity index (χ4n) is 0.557. The van der Waals surface area contributed by atoms with E-state index in [2.05, 4.69) is 5.73 Å². The molecular weight excluding hydrogens is 158 g/mol. The number of para-hydroxylation sites is 1. The number of carbonyl (C=O) groups is 1. The molecule has 1 rings (SSSR count). The topological polar surface area (TPSA) is 72.5 Å². The van der Waals surface area contributed by atoms with Crippen molar-refractivity contribution in [3.05, 3.63) is 30.3 Å². The van der Waals surface area contributed by atoms with Crippen LogP contribution in [0.5, 0.6) is 5.75 Å². The molecule has 0 aromatic heterocycles. The summed E-state index contributed by atoms with van der Waals surface area (Å²) in [5, 5.41) is 7.19. The fourth-order valence-corrected chi connectivity index (χ4v) is 0.557. The number of hydrogen-bond acceptors (Lipinski definition) is 2. The molecular formula is C8H11NO3. The molecule has 0 bridgehead atoms. The third kappa shape index (κ3) is 6.41. The molecule has 1 aromatic rings. The van der Waals surface area contributed by atoms with E-state index < -0.39 is 6.09 Å². The van der Waals surface area contributed by atoms with Crippen LogP contribution in [0.4, 0.5) is 4.79 Å². The van der Waals surface area contributed by atoms with Crippen molar-refractivity contribution >= 4 is 6.09 Å². The average molecular weight is 169 g/mol. The van der Waals surface area contributed by atoms with Gasteiger partial charge in [-0.15, -0.1) is 0 Å². The number of primary amides is 1. The number of rotatable bonds is 1. The molecule has 1 amide bonds. The molecule has 1 aromatic carbocycles. The molecule has 3 N–H and O–H groups in total. The number of amides is 1. The number of carboxylic acid groups (broad SMARTS) is 1. The van der Waals surface area contributed by atoms with Crippen molar-refractivity contribution in [2.24, 2.45) is 5.73 Å². The van der Waals surface area contributed by atoms with Crippen molar-refractivity contribution in [3.8, 4) is 5.75 Å². The predicted molar refractivity (Wildman–Crippen MR) is 45.2 cm³/mol. The molecule has 0 saturated carbocycles. The van der Waals surface area contributed by atoms with E-state index in [1.807, 2.05) is 30.3 Å². The van der Waals surface area contributed by atoms with Gasteiger partial charge >= 0.3 is 6.09 Å². The molecule has 4 heteroatoms. The lowest BCUT2D eigenvalue weighted by Crippen LogP contribution is -2.03. The van der Waals surface area contributed by atoms with E-state index in [1.165, 1.54) is 0 Å². The van der Waals surface area contributed by atoms with E-state index in [9.17, 15) is 0 Å². The Hall–Kier alpha value is -1.71. The van der Waals surface area contributed by atoms with Crippen LogP contribution in [0.15, 0.2) is 30.3 Å². The second-order valence-corrected chi connectivity index (χ2v) is 1.86. The van der Waals surface area contributed by atoms with E-state index >= 15 is 0 Å². The van der Waals surface area contributed by atoms with Crippen LogP contribution < -0.4 is 10.5 Å². The molecule has 66 valence electrons. The maximum Gasteiger partial charge on any atom is 0.402 e. The molecule has 0 spiro atoms. The summed E-state index contributed by atoms with van der Waals surface area (Å²) in [6, 6.07) is 9.68. The number of hydrogen-bond donors (Lipinski definition) is 2. The SMILES string of the molecule is COc1ccccc1.NC(=O)O. The van der Waals surface area contributed by atoms with Gasteiger partial charge in [0.15, 0.2) is 0 Å². The molecule has 0 atom stereocenters. The number of nitrogens with two attached hydrogens (primary N) is 1. The molecule has 4 nitrogen and oxygen atoms in total. The normalized spacial score (nSPS) is 7.75. The van der Waals surface area contributed by atoms with Gasteiger partial charge in [-0.1, -0.05) is 18.2 Å². The van der Waals surface area contributed by atoms with Gasteiger partial charge in [0.2, 0.25) is 0 Å². The monoisotopic (exact) mass is 169 g/mol. The number of benzene rings is 1. The fraction of sp³-hybridized carbons (Fsp3) is 0.125. The second kappa shape index (κ2) is 6.03. The minimum Gasteiger partial charge on any atom is -0.497 e. The molecule has 12 heavy (non-hydrogen) atoms. The highest BCUT2D eigenvalue weighted by Gasteiger charge is 1.80. The highest BCUT2D eigenvalue weighted by atomic mass is 16.5. The van der Waals surface area contributed by atoms with Gasteiger partial charge < -0.3 is 15.6 Å². The van der Waals surface area contributed by atoms with Gasteiger partial charge in [0.05, 0.1) is 7.11 Å². The van der Waals surface area contributed by atoms with Crippen molar-refractivity contribution in [3.63, 3.8) is 0 Å². The Balaban J connectivity index is 0.000000261. The number of ether oxygens (including phenoxy) is 1. The van der Waals surface area contributed by atoms with Crippen LogP contribution >= 0.6 is 0 Å². The van der Waals surface area contributed by atoms with Crippen molar-refractivity contribution in [1.82, 2.24) is 0 Å². The van der Waals surface area contributed by atoms with Crippen molar-refractivity contribution in [2.45, 2.75) is 0 Å². The maximum atomic E-state index is 8.78. The molecule has 0 aliphatic heterocycles. The Labute approximate surface area is 70.6 Å². The first-order valence-electron chi connectivity index (χ1n) is 3.24. The quantitative estimate of drug-likeness (QED) is 0.665. The van der Waals surface area contributed by atoms with Crippen molar-refractivity contribution in [1.29, 1.82) is 0 Å². The first-order chi connectivity index (χ1) is 5.66. The lowest BCUT2D eigenvalue weighted by atomic mass is 10.3. The molecule has 0 aliphatic rings. The van der Waals surface area contributed by atoms with Crippen LogP contribution in [0.1, 0.15) is 0 Å². The first-order valence-corrected chi connectivity index (χ1v) is 3.24. The summed E-state index contributed by atoms with van der Waals surface area (Å²) in [4.78, 5) is 8.78. The zero-order valence-electron chi connectivity index (χ0n) is 6.73. The minimum absolute atomic E-state index is 0.910. The second-order valence-electron chi connectivity index (χ2n) is 1.86. The van der Waals surface area contributed by atoms with Gasteiger partial charge in [-0.25, -0.2) is 4.79 Å². The zero-order chi connectivity index (χ0) is 9.40. The highest BCUT2D eigenvalue weighted by molar-refractivity contribution is 5.61. The van der Waals surface area contributed by atoms with E-state index in [-0.39, 0.29) is 0 Å². The van der Waals surface area contributed by atoms with Crippen LogP contribution in [-0.4, -0.2) is 18.3 Å². The summed E-state index contributed by atoms with van der Waals surface area (Å²) in [5.74, 6) is 0.910. The first kappa shape index (κ1) is 10.3. The van der Waals surface area contributed by atoms with Crippen LogP contribution in [-0.2, 0) is 0 Å². The van der Waals surface area contributed by atoms with Gasteiger partial charge in [-0.05, 0) is 12.1 Å². The average Bonchev–Trinajstić information content (AvgIpc) is 2.05. The molecule has 0 saturated heterocycles. The van der Waals surface area contributed by atoms with E-state index in [0.717, 1.165) is 5.75 Å². The van der Waals surface area contributed by atoms with Gasteiger partial charge in [-0.2, -0.15) is 0 Å². The molecule has 0 radical (unpaired) electrons. The van der Waals surface area contributed by atoms with E-state index in [1.54, 1.807) is 7.11 Å². The summed E-state index contributed by atoms with van der Waals surface area (Å²) >= 11 is 0. The molecule has 0 heterocycles. The Kier molecular flexibility index (Phi) is 5.17. The Morgan fingerprint density at radius 2 is 1.83 bits per heavy atom. The summed E-state index contributed by atoms with van der Waals surface area (Å²) < 4.78 is 4.91. The van der Waals surface area contributed by atoms with Gasteiger partial charge in [0.25, 0.3) is 0 Å². The van der Waals surface area contributed by atoms with Crippen molar-refractivity contribution < 1.29 is 14.6 Å². The highest BCUT2D eigenvalue weighted by Crippen LogP contribution is 2.05. The smallest absolute Gasteiger partial charge is 0.402 e. The molecule has 0 aliphatic carbocycles. The van der Waals surface area contributed by atoms with Crippen LogP contribution in [0.2, 0.25) is 0 Å². The maximum absolute atomic E-state index is 8.78. The third-order valence-electron chi connectivity index (χ3n) is 0.979.